The zero-order valence-electron chi connectivity index (χ0n) is 10.8. The highest BCUT2D eigenvalue weighted by Crippen LogP contribution is 2.26. The van der Waals surface area contributed by atoms with Gasteiger partial charge in [0.15, 0.2) is 5.76 Å². The minimum absolute atomic E-state index is 0.0889. The van der Waals surface area contributed by atoms with Crippen molar-refractivity contribution in [2.24, 2.45) is 0 Å². The van der Waals surface area contributed by atoms with E-state index < -0.39 is 5.91 Å². The summed E-state index contributed by atoms with van der Waals surface area (Å²) in [4.78, 5) is 12.1. The number of benzene rings is 1. The van der Waals surface area contributed by atoms with Gasteiger partial charge < -0.3 is 9.73 Å². The van der Waals surface area contributed by atoms with Crippen molar-refractivity contribution in [3.8, 4) is 17.3 Å². The van der Waals surface area contributed by atoms with Crippen LogP contribution in [0.15, 0.2) is 53.1 Å². The van der Waals surface area contributed by atoms with E-state index in [0.29, 0.717) is 5.69 Å². The van der Waals surface area contributed by atoms with E-state index in [1.54, 1.807) is 12.3 Å². The molecule has 0 spiro atoms. The van der Waals surface area contributed by atoms with E-state index in [9.17, 15) is 4.79 Å². The van der Waals surface area contributed by atoms with Crippen LogP contribution in [-0.4, -0.2) is 16.1 Å². The molecule has 6 heteroatoms. The molecule has 0 aliphatic carbocycles. The lowest BCUT2D eigenvalue weighted by atomic mass is 10.1. The number of hydrogen-bond donors (Lipinski definition) is 2. The number of carbonyl (C=O) groups excluding carboxylic acids is 1. The van der Waals surface area contributed by atoms with Crippen LogP contribution < -0.4 is 5.32 Å². The molecule has 21 heavy (non-hydrogen) atoms. The number of carbonyl (C=O) groups is 1. The van der Waals surface area contributed by atoms with E-state index in [4.69, 9.17) is 9.68 Å². The number of anilines is 1. The van der Waals surface area contributed by atoms with Gasteiger partial charge in [-0.15, -0.1) is 0 Å². The molecular formula is C15H10N4O2. The van der Waals surface area contributed by atoms with Crippen LogP contribution in [0.3, 0.4) is 0 Å². The third-order valence-corrected chi connectivity index (χ3v) is 2.91. The molecule has 1 aromatic carbocycles. The molecule has 0 aliphatic rings. The van der Waals surface area contributed by atoms with Gasteiger partial charge in [-0.3, -0.25) is 9.89 Å². The van der Waals surface area contributed by atoms with Crippen molar-refractivity contribution in [1.82, 2.24) is 10.2 Å². The number of aromatic nitrogens is 2. The molecule has 2 aromatic heterocycles. The molecule has 0 aliphatic heterocycles. The molecule has 1 amide bonds. The minimum atomic E-state index is -0.413. The Bertz CT molecular complexity index is 812. The number of aromatic amines is 1. The highest BCUT2D eigenvalue weighted by Gasteiger charge is 2.14. The second-order valence-electron chi connectivity index (χ2n) is 4.25. The fraction of sp³-hybridized carbons (Fsp3) is 0. The normalized spacial score (nSPS) is 10.0. The minimum Gasteiger partial charge on any atom is -0.440 e. The smallest absolute Gasteiger partial charge is 0.291 e. The summed E-state index contributed by atoms with van der Waals surface area (Å²) in [7, 11) is 0. The first-order valence-electron chi connectivity index (χ1n) is 6.18. The lowest BCUT2D eigenvalue weighted by molar-refractivity contribution is 0.0996. The molecule has 0 bridgehead atoms. The van der Waals surface area contributed by atoms with Crippen LogP contribution in [0.25, 0.3) is 11.3 Å². The Morgan fingerprint density at radius 3 is 2.81 bits per heavy atom. The number of para-hydroxylation sites is 1. The number of nitrogens with one attached hydrogen (secondary N) is 2. The topological polar surface area (TPSA) is 94.7 Å². The van der Waals surface area contributed by atoms with Crippen molar-refractivity contribution in [3.63, 3.8) is 0 Å². The van der Waals surface area contributed by atoms with Crippen molar-refractivity contribution in [2.75, 3.05) is 5.32 Å². The average Bonchev–Trinajstić information content (AvgIpc) is 3.19. The Kier molecular flexibility index (Phi) is 3.23. The maximum Gasteiger partial charge on any atom is 0.291 e. The first-order chi connectivity index (χ1) is 10.3. The SMILES string of the molecule is N#Cc1ccc(C(=O)Nc2ccccc2-c2ccn[nH]2)o1. The zero-order chi connectivity index (χ0) is 14.7. The second-order valence-corrected chi connectivity index (χ2v) is 4.25. The van der Waals surface area contributed by atoms with Gasteiger partial charge in [-0.05, 0) is 24.3 Å². The van der Waals surface area contributed by atoms with E-state index in [1.165, 1.54) is 12.1 Å². The number of hydrogen-bond acceptors (Lipinski definition) is 4. The van der Waals surface area contributed by atoms with Crippen LogP contribution in [0.4, 0.5) is 5.69 Å². The molecule has 0 saturated carbocycles. The van der Waals surface area contributed by atoms with Crippen molar-refractivity contribution in [1.29, 1.82) is 5.26 Å². The van der Waals surface area contributed by atoms with Crippen LogP contribution in [0.2, 0.25) is 0 Å². The molecule has 6 nitrogen and oxygen atoms in total. The Morgan fingerprint density at radius 1 is 1.24 bits per heavy atom. The van der Waals surface area contributed by atoms with E-state index in [-0.39, 0.29) is 11.5 Å². The van der Waals surface area contributed by atoms with Crippen LogP contribution in [-0.2, 0) is 0 Å². The number of nitriles is 1. The maximum atomic E-state index is 12.1. The van der Waals surface area contributed by atoms with E-state index >= 15 is 0 Å². The van der Waals surface area contributed by atoms with Crippen LogP contribution in [0.1, 0.15) is 16.3 Å². The third kappa shape index (κ3) is 2.53. The first-order valence-corrected chi connectivity index (χ1v) is 6.18. The van der Waals surface area contributed by atoms with Gasteiger partial charge in [-0.1, -0.05) is 18.2 Å². The summed E-state index contributed by atoms with van der Waals surface area (Å²) in [5.74, 6) is -0.226. The highest BCUT2D eigenvalue weighted by molar-refractivity contribution is 6.04. The maximum absolute atomic E-state index is 12.1. The Morgan fingerprint density at radius 2 is 2.10 bits per heavy atom. The summed E-state index contributed by atoms with van der Waals surface area (Å²) < 4.78 is 5.10. The molecule has 0 fully saturated rings. The third-order valence-electron chi connectivity index (χ3n) is 2.91. The largest absolute Gasteiger partial charge is 0.440 e. The van der Waals surface area contributed by atoms with Crippen molar-refractivity contribution >= 4 is 11.6 Å². The number of amides is 1. The van der Waals surface area contributed by atoms with Crippen LogP contribution in [0.5, 0.6) is 0 Å². The van der Waals surface area contributed by atoms with Crippen LogP contribution in [0, 0.1) is 11.3 Å². The molecule has 0 unspecified atom stereocenters. The van der Waals surface area contributed by atoms with Gasteiger partial charge in [0.2, 0.25) is 5.76 Å². The monoisotopic (exact) mass is 278 g/mol. The predicted molar refractivity (Wildman–Crippen MR) is 75.4 cm³/mol. The van der Waals surface area contributed by atoms with Gasteiger partial charge in [-0.2, -0.15) is 10.4 Å². The molecule has 2 N–H and O–H groups in total. The fourth-order valence-electron chi connectivity index (χ4n) is 1.94. The van der Waals surface area contributed by atoms with Crippen LogP contribution >= 0.6 is 0 Å². The fourth-order valence-corrected chi connectivity index (χ4v) is 1.94. The molecule has 102 valence electrons. The summed E-state index contributed by atoms with van der Waals surface area (Å²) in [6, 6.07) is 13.9. The van der Waals surface area contributed by atoms with E-state index in [0.717, 1.165) is 11.3 Å². The van der Waals surface area contributed by atoms with Gasteiger partial charge in [-0.25, -0.2) is 0 Å². The van der Waals surface area contributed by atoms with Gasteiger partial charge in [0, 0.05) is 11.8 Å². The number of rotatable bonds is 3. The van der Waals surface area contributed by atoms with Crippen molar-refractivity contribution in [3.05, 3.63) is 60.2 Å². The standard InChI is InChI=1S/C15H10N4O2/c16-9-10-5-6-14(21-10)15(20)18-12-4-2-1-3-11(12)13-7-8-17-19-13/h1-8H,(H,17,19)(H,18,20). The summed E-state index contributed by atoms with van der Waals surface area (Å²) >= 11 is 0. The summed E-state index contributed by atoms with van der Waals surface area (Å²) in [6.45, 7) is 0. The van der Waals surface area contributed by atoms with E-state index in [1.807, 2.05) is 30.3 Å². The molecule has 2 heterocycles. The van der Waals surface area contributed by atoms with Gasteiger partial charge >= 0.3 is 0 Å². The number of nitrogens with zero attached hydrogens (tertiary/aromatic N) is 2. The van der Waals surface area contributed by atoms with Crippen molar-refractivity contribution in [2.45, 2.75) is 0 Å². The quantitative estimate of drug-likeness (QED) is 0.770. The molecule has 0 radical (unpaired) electrons. The van der Waals surface area contributed by atoms with E-state index in [2.05, 4.69) is 15.5 Å². The number of H-pyrrole nitrogens is 1. The van der Waals surface area contributed by atoms with Crippen molar-refractivity contribution < 1.29 is 9.21 Å². The van der Waals surface area contributed by atoms with Gasteiger partial charge in [0.05, 0.1) is 11.4 Å². The van der Waals surface area contributed by atoms with Gasteiger partial charge in [0.25, 0.3) is 5.91 Å². The predicted octanol–water partition coefficient (Wildman–Crippen LogP) is 2.79. The zero-order valence-corrected chi connectivity index (χ0v) is 10.8. The second kappa shape index (κ2) is 5.35. The molecule has 3 rings (SSSR count). The molecular weight excluding hydrogens is 268 g/mol. The average molecular weight is 278 g/mol. The summed E-state index contributed by atoms with van der Waals surface area (Å²) in [5.41, 5.74) is 2.24. The Hall–Kier alpha value is -3.33. The molecule has 0 saturated heterocycles. The first kappa shape index (κ1) is 12.7. The Balaban J connectivity index is 1.89. The highest BCUT2D eigenvalue weighted by atomic mass is 16.3. The molecule has 0 atom stereocenters. The molecule has 3 aromatic rings. The summed E-state index contributed by atoms with van der Waals surface area (Å²) in [5, 5.41) is 18.2. The summed E-state index contributed by atoms with van der Waals surface area (Å²) in [6.07, 6.45) is 1.64. The Labute approximate surface area is 120 Å². The van der Waals surface area contributed by atoms with Gasteiger partial charge in [0.1, 0.15) is 6.07 Å². The number of furan rings is 1. The lowest BCUT2D eigenvalue weighted by Crippen LogP contribution is -2.11. The lowest BCUT2D eigenvalue weighted by Gasteiger charge is -2.08.